The van der Waals surface area contributed by atoms with Crippen molar-refractivity contribution < 1.29 is 4.79 Å². The summed E-state index contributed by atoms with van der Waals surface area (Å²) in [6.07, 6.45) is 9.16. The van der Waals surface area contributed by atoms with E-state index in [0.29, 0.717) is 17.4 Å². The van der Waals surface area contributed by atoms with Crippen LogP contribution in [0, 0.1) is 23.7 Å². The van der Waals surface area contributed by atoms with Crippen LogP contribution in [-0.2, 0) is 0 Å². The van der Waals surface area contributed by atoms with Crippen LogP contribution >= 0.6 is 0 Å². The number of nitrogens with one attached hydrogen (secondary N) is 2. The van der Waals surface area contributed by atoms with Crippen molar-refractivity contribution >= 4 is 17.3 Å². The zero-order valence-electron chi connectivity index (χ0n) is 25.2. The maximum Gasteiger partial charge on any atom is 0.256 e. The van der Waals surface area contributed by atoms with Crippen LogP contribution in [0.15, 0.2) is 103 Å². The summed E-state index contributed by atoms with van der Waals surface area (Å²) in [7, 11) is 4.05. The number of carbonyl (C=O) groups is 1. The van der Waals surface area contributed by atoms with Gasteiger partial charge in [0.25, 0.3) is 5.91 Å². The molecule has 4 rings (SSSR count). The predicted octanol–water partition coefficient (Wildman–Crippen LogP) is 7.00. The average Bonchev–Trinajstić information content (AvgIpc) is 3.29. The molecule has 0 heterocycles. The van der Waals surface area contributed by atoms with E-state index in [0.717, 1.165) is 48.6 Å². The first-order chi connectivity index (χ1) is 19.9. The second kappa shape index (κ2) is 19.0. The Kier molecular flexibility index (Phi) is 15.4. The second-order valence-corrected chi connectivity index (χ2v) is 10.0. The third kappa shape index (κ3) is 11.9. The van der Waals surface area contributed by atoms with E-state index < -0.39 is 0 Å². The number of allylic oxidation sites excluding steroid dienone is 4. The molecule has 0 aliphatic heterocycles. The van der Waals surface area contributed by atoms with E-state index in [1.807, 2.05) is 105 Å². The average molecular weight is 551 g/mol. The molecule has 0 radical (unpaired) electrons. The van der Waals surface area contributed by atoms with Gasteiger partial charge in [0, 0.05) is 36.4 Å². The number of nitrogens with zero attached hydrogens (tertiary/aromatic N) is 1. The minimum Gasteiger partial charge on any atom is -0.375 e. The van der Waals surface area contributed by atoms with Gasteiger partial charge >= 0.3 is 0 Å². The molecular weight excluding hydrogens is 504 g/mol. The fourth-order valence-electron chi connectivity index (χ4n) is 4.04. The monoisotopic (exact) mass is 550 g/mol. The van der Waals surface area contributed by atoms with Gasteiger partial charge < -0.3 is 21.3 Å². The van der Waals surface area contributed by atoms with E-state index in [4.69, 9.17) is 5.73 Å². The Morgan fingerprint density at radius 3 is 2.29 bits per heavy atom. The van der Waals surface area contributed by atoms with Crippen LogP contribution in [0.5, 0.6) is 0 Å². The predicted molar refractivity (Wildman–Crippen MR) is 177 cm³/mol. The van der Waals surface area contributed by atoms with E-state index in [2.05, 4.69) is 60.4 Å². The van der Waals surface area contributed by atoms with Crippen molar-refractivity contribution in [3.63, 3.8) is 0 Å². The molecule has 5 nitrogen and oxygen atoms in total. The van der Waals surface area contributed by atoms with Crippen LogP contribution in [0.2, 0.25) is 0 Å². The van der Waals surface area contributed by atoms with E-state index in [1.165, 1.54) is 0 Å². The zero-order chi connectivity index (χ0) is 29.9. The number of benzene rings is 3. The Hall–Kier alpha value is -4.11. The third-order valence-corrected chi connectivity index (χ3v) is 6.32. The number of nitrogens with two attached hydrogens (primary N) is 1. The van der Waals surface area contributed by atoms with Crippen LogP contribution in [0.1, 0.15) is 37.6 Å². The van der Waals surface area contributed by atoms with E-state index in [-0.39, 0.29) is 5.91 Å². The van der Waals surface area contributed by atoms with Gasteiger partial charge in [0.1, 0.15) is 0 Å². The Balaban J connectivity index is 0.000000376. The normalized spacial score (nSPS) is 13.0. The molecule has 1 amide bonds. The number of hydrogen-bond donors (Lipinski definition) is 3. The topological polar surface area (TPSA) is 70.4 Å². The summed E-state index contributed by atoms with van der Waals surface area (Å²) >= 11 is 0. The summed E-state index contributed by atoms with van der Waals surface area (Å²) in [6.45, 7) is 9.01. The lowest BCUT2D eigenvalue weighted by atomic mass is 9.96. The van der Waals surface area contributed by atoms with Crippen molar-refractivity contribution in [1.82, 2.24) is 5.32 Å². The molecule has 5 heteroatoms. The van der Waals surface area contributed by atoms with Crippen LogP contribution in [0.25, 0.3) is 11.1 Å². The Labute approximate surface area is 247 Å². The largest absolute Gasteiger partial charge is 0.375 e. The minimum absolute atomic E-state index is 0.102. The van der Waals surface area contributed by atoms with Gasteiger partial charge in [-0.3, -0.25) is 4.79 Å². The lowest BCUT2D eigenvalue weighted by Crippen LogP contribution is -2.22. The van der Waals surface area contributed by atoms with Crippen molar-refractivity contribution in [1.29, 1.82) is 0 Å². The summed E-state index contributed by atoms with van der Waals surface area (Å²) in [6, 6.07) is 25.7. The Bertz CT molecular complexity index is 1280. The molecule has 0 spiro atoms. The molecule has 4 N–H and O–H groups in total. The molecule has 3 aromatic carbocycles. The smallest absolute Gasteiger partial charge is 0.256 e. The van der Waals surface area contributed by atoms with Gasteiger partial charge in [-0.1, -0.05) is 99.4 Å². The molecule has 0 aromatic heterocycles. The molecule has 1 aliphatic rings. The zero-order valence-corrected chi connectivity index (χ0v) is 25.2. The summed E-state index contributed by atoms with van der Waals surface area (Å²) in [5.41, 5.74) is 9.41. The molecule has 0 saturated heterocycles. The van der Waals surface area contributed by atoms with Gasteiger partial charge in [-0.25, -0.2) is 0 Å². The highest BCUT2D eigenvalue weighted by molar-refractivity contribution is 6.08. The fourth-order valence-corrected chi connectivity index (χ4v) is 4.04. The van der Waals surface area contributed by atoms with Gasteiger partial charge in [-0.15, -0.1) is 0 Å². The maximum atomic E-state index is 12.9. The fraction of sp³-hybridized carbons (Fsp3) is 0.306. The van der Waals surface area contributed by atoms with E-state index >= 15 is 0 Å². The van der Waals surface area contributed by atoms with Crippen LogP contribution < -0.4 is 21.3 Å². The van der Waals surface area contributed by atoms with Crippen LogP contribution in [0.4, 0.5) is 11.4 Å². The standard InChI is InChI=1S/C24H27N3O.C10H12.C2H7N/c1-25-17-8-18-27(2)21-15-13-20(14-16-21)26-24(28)23-12-7-6-11-22(23)19-9-4-3-5-10-19;1-9(2)10-7-5-3-4-6-8-10;1-2-3/h3-7,9-16,25H,8,17-18H2,1-2H3,(H,26,28);3-5,7,9-10H,1-2H3;2-3H2,1H3. The number of rotatable bonds is 9. The number of anilines is 2. The maximum absolute atomic E-state index is 12.9. The first-order valence-electron chi connectivity index (χ1n) is 14.4. The minimum atomic E-state index is -0.102. The summed E-state index contributed by atoms with van der Waals surface area (Å²) in [5, 5.41) is 6.18. The number of carbonyl (C=O) groups excluding carboxylic acids is 1. The summed E-state index contributed by atoms with van der Waals surface area (Å²) in [4.78, 5) is 15.1. The van der Waals surface area contributed by atoms with Crippen molar-refractivity contribution in [2.45, 2.75) is 27.2 Å². The van der Waals surface area contributed by atoms with Crippen molar-refractivity contribution in [3.05, 3.63) is 109 Å². The molecule has 216 valence electrons. The van der Waals surface area contributed by atoms with Crippen molar-refractivity contribution in [3.8, 4) is 23.0 Å². The first-order valence-corrected chi connectivity index (χ1v) is 14.4. The quantitative estimate of drug-likeness (QED) is 0.198. The second-order valence-electron chi connectivity index (χ2n) is 10.0. The molecule has 1 atom stereocenters. The Morgan fingerprint density at radius 1 is 0.976 bits per heavy atom. The SMILES string of the molecule is CC(C)C1C#CC=CC=C1.CCN.CNCCCN(C)c1ccc(NC(=O)c2ccccc2-c2ccccc2)cc1. The van der Waals surface area contributed by atoms with Crippen molar-refractivity contribution in [2.24, 2.45) is 17.6 Å². The number of amides is 1. The molecule has 1 aliphatic carbocycles. The molecule has 1 unspecified atom stereocenters. The van der Waals surface area contributed by atoms with Gasteiger partial charge in [0.05, 0.1) is 0 Å². The van der Waals surface area contributed by atoms with Crippen LogP contribution in [0.3, 0.4) is 0 Å². The first kappa shape index (κ1) is 33.1. The lowest BCUT2D eigenvalue weighted by Gasteiger charge is -2.19. The highest BCUT2D eigenvalue weighted by Crippen LogP contribution is 2.25. The summed E-state index contributed by atoms with van der Waals surface area (Å²) < 4.78 is 0. The van der Waals surface area contributed by atoms with Crippen LogP contribution in [-0.4, -0.2) is 39.6 Å². The Morgan fingerprint density at radius 2 is 1.63 bits per heavy atom. The molecule has 0 bridgehead atoms. The van der Waals surface area contributed by atoms with Gasteiger partial charge in [-0.2, -0.15) is 0 Å². The van der Waals surface area contributed by atoms with Gasteiger partial charge in [-0.05, 0) is 80.0 Å². The molecular formula is C36H46N4O. The van der Waals surface area contributed by atoms with Gasteiger partial charge in [0.15, 0.2) is 0 Å². The van der Waals surface area contributed by atoms with Crippen molar-refractivity contribution in [2.75, 3.05) is 43.9 Å². The highest BCUT2D eigenvalue weighted by Gasteiger charge is 2.12. The molecule has 41 heavy (non-hydrogen) atoms. The van der Waals surface area contributed by atoms with E-state index in [9.17, 15) is 4.79 Å². The lowest BCUT2D eigenvalue weighted by molar-refractivity contribution is 0.102. The molecule has 0 saturated carbocycles. The van der Waals surface area contributed by atoms with Gasteiger partial charge in [0.2, 0.25) is 0 Å². The molecule has 3 aromatic rings. The van der Waals surface area contributed by atoms with E-state index in [1.54, 1.807) is 0 Å². The summed E-state index contributed by atoms with van der Waals surface area (Å²) in [5.74, 6) is 7.11. The number of hydrogen-bond acceptors (Lipinski definition) is 4. The third-order valence-electron chi connectivity index (χ3n) is 6.32. The molecule has 0 fully saturated rings. The highest BCUT2D eigenvalue weighted by atomic mass is 16.1.